The van der Waals surface area contributed by atoms with Crippen LogP contribution < -0.4 is 10.1 Å². The Bertz CT molecular complexity index is 1270. The number of piperidine rings is 1. The zero-order chi connectivity index (χ0) is 25.3. The van der Waals surface area contributed by atoms with Crippen LogP contribution in [-0.4, -0.2) is 56.8 Å². The summed E-state index contributed by atoms with van der Waals surface area (Å²) in [6.45, 7) is 8.01. The first-order chi connectivity index (χ1) is 16.5. The predicted molar refractivity (Wildman–Crippen MR) is 130 cm³/mol. The van der Waals surface area contributed by atoms with Gasteiger partial charge in [0.15, 0.2) is 0 Å². The first kappa shape index (κ1) is 24.6. The molecule has 1 amide bonds. The van der Waals surface area contributed by atoms with Gasteiger partial charge in [0.05, 0.1) is 17.6 Å². The van der Waals surface area contributed by atoms with Gasteiger partial charge in [-0.25, -0.2) is 23.9 Å². The molecule has 2 aromatic heterocycles. The second kappa shape index (κ2) is 9.65. The molecule has 1 atom stereocenters. The van der Waals surface area contributed by atoms with Gasteiger partial charge in [-0.15, -0.1) is 11.3 Å². The van der Waals surface area contributed by atoms with E-state index < -0.39 is 23.5 Å². The van der Waals surface area contributed by atoms with Crippen LogP contribution in [0.4, 0.5) is 20.7 Å². The number of ether oxygens (including phenoxy) is 2. The Morgan fingerprint density at radius 3 is 2.77 bits per heavy atom. The molecule has 186 valence electrons. The van der Waals surface area contributed by atoms with E-state index in [1.807, 2.05) is 20.8 Å². The third-order valence-electron chi connectivity index (χ3n) is 5.44. The number of carboxylic acids is 1. The summed E-state index contributed by atoms with van der Waals surface area (Å²) in [6.07, 6.45) is 1.99. The van der Waals surface area contributed by atoms with Gasteiger partial charge in [0.2, 0.25) is 0 Å². The molecule has 35 heavy (non-hydrogen) atoms. The summed E-state index contributed by atoms with van der Waals surface area (Å²) in [7, 11) is 0. The third kappa shape index (κ3) is 5.61. The van der Waals surface area contributed by atoms with Crippen LogP contribution in [0, 0.1) is 12.7 Å². The zero-order valence-corrected chi connectivity index (χ0v) is 20.7. The summed E-state index contributed by atoms with van der Waals surface area (Å²) in [5, 5.41) is 13.2. The van der Waals surface area contributed by atoms with Crippen molar-refractivity contribution in [1.29, 1.82) is 0 Å². The molecule has 2 N–H and O–H groups in total. The smallest absolute Gasteiger partial charge is 0.410 e. The molecule has 1 aromatic carbocycles. The molecule has 0 spiro atoms. The van der Waals surface area contributed by atoms with Gasteiger partial charge in [0.1, 0.15) is 45.1 Å². The Morgan fingerprint density at radius 1 is 1.29 bits per heavy atom. The van der Waals surface area contributed by atoms with Crippen LogP contribution in [0.5, 0.6) is 5.75 Å². The summed E-state index contributed by atoms with van der Waals surface area (Å²) in [5.74, 6) is -0.849. The number of benzene rings is 1. The number of carbonyl (C=O) groups excluding carboxylic acids is 1. The van der Waals surface area contributed by atoms with E-state index in [4.69, 9.17) is 9.47 Å². The SMILES string of the molecule is Cc1c(C(=O)O)sc2ncnc(Nc3ccc(F)cc3O[C@H]3CCCN(C(=O)OC(C)(C)C)C3)c12. The Labute approximate surface area is 205 Å². The molecular formula is C24H27FN4O5S. The molecule has 0 radical (unpaired) electrons. The third-order valence-corrected chi connectivity index (χ3v) is 6.63. The van der Waals surface area contributed by atoms with Crippen molar-refractivity contribution in [2.45, 2.75) is 52.2 Å². The van der Waals surface area contributed by atoms with E-state index in [2.05, 4.69) is 15.3 Å². The number of nitrogens with zero attached hydrogens (tertiary/aromatic N) is 3. The minimum atomic E-state index is -1.03. The maximum atomic E-state index is 14.2. The average molecular weight is 503 g/mol. The van der Waals surface area contributed by atoms with Crippen LogP contribution in [0.2, 0.25) is 0 Å². The van der Waals surface area contributed by atoms with E-state index in [9.17, 15) is 19.1 Å². The van der Waals surface area contributed by atoms with Gasteiger partial charge >= 0.3 is 12.1 Å². The second-order valence-corrected chi connectivity index (χ2v) is 10.3. The number of halogens is 1. The Kier molecular flexibility index (Phi) is 6.79. The van der Waals surface area contributed by atoms with E-state index in [-0.39, 0.29) is 16.7 Å². The zero-order valence-electron chi connectivity index (χ0n) is 19.9. The number of hydrogen-bond acceptors (Lipinski definition) is 8. The quantitative estimate of drug-likeness (QED) is 0.479. The molecule has 4 rings (SSSR count). The number of fused-ring (bicyclic) bond motifs is 1. The lowest BCUT2D eigenvalue weighted by Gasteiger charge is -2.34. The van der Waals surface area contributed by atoms with Crippen molar-refractivity contribution in [2.24, 2.45) is 0 Å². The van der Waals surface area contributed by atoms with Crippen LogP contribution in [0.1, 0.15) is 48.8 Å². The standard InChI is InChI=1S/C24H27FN4O5S/c1-13-18-20(26-12-27-21(18)35-19(13)22(30)31)28-16-8-7-14(25)10-17(16)33-15-6-5-9-29(11-15)23(32)34-24(2,3)4/h7-8,10,12,15H,5-6,9,11H2,1-4H3,(H,30,31)(H,26,27,28)/t15-/m0/s1. The van der Waals surface area contributed by atoms with Gasteiger partial charge < -0.3 is 24.8 Å². The summed E-state index contributed by atoms with van der Waals surface area (Å²) in [6, 6.07) is 4.10. The van der Waals surface area contributed by atoms with Gasteiger partial charge in [-0.2, -0.15) is 0 Å². The number of rotatable bonds is 5. The summed E-state index contributed by atoms with van der Waals surface area (Å²) in [4.78, 5) is 34.9. The lowest BCUT2D eigenvalue weighted by molar-refractivity contribution is 0.00780. The first-order valence-corrected chi connectivity index (χ1v) is 12.0. The Hall–Kier alpha value is -3.47. The van der Waals surface area contributed by atoms with Crippen LogP contribution in [-0.2, 0) is 4.74 Å². The number of carbonyl (C=O) groups is 2. The summed E-state index contributed by atoms with van der Waals surface area (Å²) < 4.78 is 25.8. The molecule has 1 saturated heterocycles. The van der Waals surface area contributed by atoms with E-state index in [0.717, 1.165) is 17.8 Å². The number of likely N-dealkylation sites (tertiary alicyclic amines) is 1. The lowest BCUT2D eigenvalue weighted by Crippen LogP contribution is -2.46. The summed E-state index contributed by atoms with van der Waals surface area (Å²) >= 11 is 1.07. The predicted octanol–water partition coefficient (Wildman–Crippen LogP) is 5.36. The fourth-order valence-electron chi connectivity index (χ4n) is 3.90. The lowest BCUT2D eigenvalue weighted by atomic mass is 10.1. The number of nitrogens with one attached hydrogen (secondary N) is 1. The highest BCUT2D eigenvalue weighted by Gasteiger charge is 2.29. The molecule has 1 aliphatic heterocycles. The van der Waals surface area contributed by atoms with E-state index in [1.165, 1.54) is 24.5 Å². The number of aryl methyl sites for hydroxylation is 1. The normalized spacial score (nSPS) is 16.3. The Balaban J connectivity index is 1.58. The van der Waals surface area contributed by atoms with Crippen LogP contribution in [0.25, 0.3) is 10.2 Å². The molecule has 1 fully saturated rings. The molecule has 9 nitrogen and oxygen atoms in total. The van der Waals surface area contributed by atoms with Crippen molar-refractivity contribution in [3.8, 4) is 5.75 Å². The molecular weight excluding hydrogens is 475 g/mol. The maximum absolute atomic E-state index is 14.2. The molecule has 0 bridgehead atoms. The van der Waals surface area contributed by atoms with Crippen molar-refractivity contribution in [3.05, 3.63) is 40.8 Å². The van der Waals surface area contributed by atoms with Crippen molar-refractivity contribution >= 4 is 45.1 Å². The number of aromatic carboxylic acids is 1. The number of aromatic nitrogens is 2. The fourth-order valence-corrected chi connectivity index (χ4v) is 4.89. The number of anilines is 2. The van der Waals surface area contributed by atoms with Gasteiger partial charge in [-0.3, -0.25) is 0 Å². The Morgan fingerprint density at radius 2 is 2.06 bits per heavy atom. The largest absolute Gasteiger partial charge is 0.486 e. The molecule has 11 heteroatoms. The molecule has 1 aliphatic rings. The highest BCUT2D eigenvalue weighted by molar-refractivity contribution is 7.20. The van der Waals surface area contributed by atoms with Crippen molar-refractivity contribution in [2.75, 3.05) is 18.4 Å². The molecule has 0 unspecified atom stereocenters. The number of amides is 1. The number of carboxylic acid groups (broad SMARTS) is 1. The highest BCUT2D eigenvalue weighted by atomic mass is 32.1. The van der Waals surface area contributed by atoms with Crippen molar-refractivity contribution < 1.29 is 28.6 Å². The minimum Gasteiger partial charge on any atom is -0.486 e. The van der Waals surface area contributed by atoms with Crippen molar-refractivity contribution in [3.63, 3.8) is 0 Å². The molecule has 3 heterocycles. The summed E-state index contributed by atoms with van der Waals surface area (Å²) in [5.41, 5.74) is 0.405. The van der Waals surface area contributed by atoms with Gasteiger partial charge in [-0.05, 0) is 58.2 Å². The highest BCUT2D eigenvalue weighted by Crippen LogP contribution is 2.37. The second-order valence-electron chi connectivity index (χ2n) is 9.34. The average Bonchev–Trinajstić information content (AvgIpc) is 3.12. The van der Waals surface area contributed by atoms with E-state index in [1.54, 1.807) is 11.8 Å². The first-order valence-electron chi connectivity index (χ1n) is 11.2. The van der Waals surface area contributed by atoms with E-state index >= 15 is 0 Å². The van der Waals surface area contributed by atoms with Crippen LogP contribution in [0.3, 0.4) is 0 Å². The molecule has 0 saturated carbocycles. The van der Waals surface area contributed by atoms with E-state index in [0.29, 0.717) is 46.8 Å². The maximum Gasteiger partial charge on any atom is 0.410 e. The van der Waals surface area contributed by atoms with Gasteiger partial charge in [-0.1, -0.05) is 0 Å². The van der Waals surface area contributed by atoms with Gasteiger partial charge in [0.25, 0.3) is 0 Å². The monoisotopic (exact) mass is 502 g/mol. The molecule has 0 aliphatic carbocycles. The van der Waals surface area contributed by atoms with Crippen LogP contribution >= 0.6 is 11.3 Å². The number of thiophene rings is 1. The fraction of sp³-hybridized carbons (Fsp3) is 0.417. The topological polar surface area (TPSA) is 114 Å². The number of hydrogen-bond donors (Lipinski definition) is 2. The van der Waals surface area contributed by atoms with Crippen molar-refractivity contribution in [1.82, 2.24) is 14.9 Å². The van der Waals surface area contributed by atoms with Crippen LogP contribution in [0.15, 0.2) is 24.5 Å². The molecule has 3 aromatic rings. The van der Waals surface area contributed by atoms with Gasteiger partial charge in [0, 0.05) is 12.6 Å². The minimum absolute atomic E-state index is 0.184.